The maximum atomic E-state index is 14.6. The Balaban J connectivity index is 1.74. The fourth-order valence-electron chi connectivity index (χ4n) is 4.86. The van der Waals surface area contributed by atoms with E-state index in [1.807, 2.05) is 18.2 Å². The second kappa shape index (κ2) is 10.7. The molecular formula is C26H36F2N6O3Si. The lowest BCUT2D eigenvalue weighted by Gasteiger charge is -2.31. The number of alkyl halides is 2. The van der Waals surface area contributed by atoms with Crippen LogP contribution in [0.3, 0.4) is 0 Å². The number of ether oxygens (including phenoxy) is 2. The smallest absolute Gasteiger partial charge is 0.296 e. The van der Waals surface area contributed by atoms with Gasteiger partial charge in [-0.2, -0.15) is 9.97 Å². The Morgan fingerprint density at radius 1 is 0.895 bits per heavy atom. The summed E-state index contributed by atoms with van der Waals surface area (Å²) in [6.45, 7) is 15.3. The largest absolute Gasteiger partial charge is 0.545 e. The molecule has 0 spiro atoms. The molecule has 3 aromatic rings. The Kier molecular flexibility index (Phi) is 7.56. The van der Waals surface area contributed by atoms with E-state index in [0.717, 1.165) is 5.56 Å². The van der Waals surface area contributed by atoms with Crippen LogP contribution in [0.1, 0.15) is 38.6 Å². The third kappa shape index (κ3) is 5.34. The third-order valence-corrected chi connectivity index (χ3v) is 7.43. The quantitative estimate of drug-likeness (QED) is 0.428. The molecule has 2 aromatic heterocycles. The lowest BCUT2D eigenvalue weighted by atomic mass is 9.86. The van der Waals surface area contributed by atoms with Crippen LogP contribution in [0.4, 0.5) is 20.4 Å². The van der Waals surface area contributed by atoms with E-state index in [9.17, 15) is 8.78 Å². The van der Waals surface area contributed by atoms with Crippen LogP contribution >= 0.6 is 0 Å². The number of nitrogens with zero attached hydrogens (tertiary/aromatic N) is 6. The molecule has 2 aliphatic heterocycles. The van der Waals surface area contributed by atoms with Crippen molar-refractivity contribution in [2.75, 3.05) is 62.4 Å². The van der Waals surface area contributed by atoms with Gasteiger partial charge in [-0.15, -0.1) is 0 Å². The van der Waals surface area contributed by atoms with Gasteiger partial charge in [0, 0.05) is 37.8 Å². The van der Waals surface area contributed by atoms with Gasteiger partial charge in [0.15, 0.2) is 5.82 Å². The highest BCUT2D eigenvalue weighted by molar-refractivity contribution is 6.49. The van der Waals surface area contributed by atoms with Crippen LogP contribution in [-0.2, 0) is 14.9 Å². The van der Waals surface area contributed by atoms with Crippen molar-refractivity contribution in [2.45, 2.75) is 45.7 Å². The zero-order valence-electron chi connectivity index (χ0n) is 22.7. The monoisotopic (exact) mass is 546 g/mol. The molecule has 0 N–H and O–H groups in total. The average Bonchev–Trinajstić information content (AvgIpc) is 3.29. The van der Waals surface area contributed by atoms with Crippen molar-refractivity contribution >= 4 is 31.7 Å². The van der Waals surface area contributed by atoms with E-state index in [0.29, 0.717) is 81.0 Å². The van der Waals surface area contributed by atoms with E-state index in [-0.39, 0.29) is 11.4 Å². The van der Waals surface area contributed by atoms with Crippen LogP contribution in [0.2, 0.25) is 13.1 Å². The minimum absolute atomic E-state index is 0.171. The van der Waals surface area contributed by atoms with Gasteiger partial charge in [-0.25, -0.2) is 13.8 Å². The maximum absolute atomic E-state index is 14.6. The van der Waals surface area contributed by atoms with Gasteiger partial charge in [0.2, 0.25) is 15.0 Å². The van der Waals surface area contributed by atoms with E-state index in [1.165, 1.54) is 4.57 Å². The standard InChI is InChI=1S/C26H36F2N6O3Si/c1-26(2,3)17-6-7-18-21(22(17)37-38(4)5)31-24(23(27)28)34(18)25-29-19(32-8-12-35-13-9-32)16-20(30-25)33-10-14-36-15-11-33/h6-7,16,23,38H,8-15H2,1-5H3. The lowest BCUT2D eigenvalue weighted by molar-refractivity contribution is 0.122. The fourth-order valence-corrected chi connectivity index (χ4v) is 5.57. The normalized spacial score (nSPS) is 17.2. The lowest BCUT2D eigenvalue weighted by Crippen LogP contribution is -2.39. The molecule has 2 saturated heterocycles. The molecule has 2 aliphatic rings. The Labute approximate surface area is 223 Å². The SMILES string of the molecule is C[SiH](C)Oc1c(C(C)(C)C)ccc2c1nc(C(F)F)n2-c1nc(N2CCOCC2)cc(N2CCOCC2)n1. The molecule has 38 heavy (non-hydrogen) atoms. The number of anilines is 2. The predicted octanol–water partition coefficient (Wildman–Crippen LogP) is 4.09. The number of fused-ring (bicyclic) bond motifs is 1. The summed E-state index contributed by atoms with van der Waals surface area (Å²) in [6, 6.07) is 5.72. The first-order valence-corrected chi connectivity index (χ1v) is 16.0. The fraction of sp³-hybridized carbons (Fsp3) is 0.577. The molecule has 0 atom stereocenters. The molecule has 0 bridgehead atoms. The number of benzene rings is 1. The van der Waals surface area contributed by atoms with Crippen LogP contribution in [-0.4, -0.2) is 81.2 Å². The Hall–Kier alpha value is -2.83. The summed E-state index contributed by atoms with van der Waals surface area (Å²) in [5.41, 5.74) is 1.61. The highest BCUT2D eigenvalue weighted by atomic mass is 28.3. The molecule has 0 radical (unpaired) electrons. The molecule has 0 aliphatic carbocycles. The number of hydrogen-bond donors (Lipinski definition) is 0. The zero-order chi connectivity index (χ0) is 27.0. The van der Waals surface area contributed by atoms with Crippen LogP contribution in [0.25, 0.3) is 17.0 Å². The zero-order valence-corrected chi connectivity index (χ0v) is 23.9. The molecule has 2 fully saturated rings. The summed E-state index contributed by atoms with van der Waals surface area (Å²) in [4.78, 5) is 18.3. The van der Waals surface area contributed by atoms with Gasteiger partial charge in [-0.3, -0.25) is 4.57 Å². The summed E-state index contributed by atoms with van der Waals surface area (Å²) in [5, 5.41) is 0. The van der Waals surface area contributed by atoms with E-state index < -0.39 is 21.3 Å². The second-order valence-corrected chi connectivity index (χ2v) is 13.2. The molecule has 12 heteroatoms. The molecule has 0 amide bonds. The van der Waals surface area contributed by atoms with Crippen molar-refractivity contribution in [2.24, 2.45) is 0 Å². The predicted molar refractivity (Wildman–Crippen MR) is 146 cm³/mol. The Bertz CT molecular complexity index is 1250. The molecular weight excluding hydrogens is 510 g/mol. The second-order valence-electron chi connectivity index (χ2n) is 10.9. The molecule has 5 rings (SSSR count). The van der Waals surface area contributed by atoms with Gasteiger partial charge in [0.1, 0.15) is 22.9 Å². The number of rotatable bonds is 6. The molecule has 0 unspecified atom stereocenters. The molecule has 206 valence electrons. The topological polar surface area (TPSA) is 77.8 Å². The van der Waals surface area contributed by atoms with Crippen LogP contribution in [0.5, 0.6) is 5.75 Å². The van der Waals surface area contributed by atoms with Gasteiger partial charge in [-0.1, -0.05) is 26.8 Å². The first-order chi connectivity index (χ1) is 18.1. The van der Waals surface area contributed by atoms with Gasteiger partial charge in [0.05, 0.1) is 31.9 Å². The Morgan fingerprint density at radius 3 is 1.92 bits per heavy atom. The van der Waals surface area contributed by atoms with Gasteiger partial charge in [-0.05, 0) is 24.6 Å². The number of morpholine rings is 2. The highest BCUT2D eigenvalue weighted by Crippen LogP contribution is 2.40. The molecule has 1 aromatic carbocycles. The van der Waals surface area contributed by atoms with E-state index in [1.54, 1.807) is 0 Å². The summed E-state index contributed by atoms with van der Waals surface area (Å²) >= 11 is 0. The minimum Gasteiger partial charge on any atom is -0.545 e. The van der Waals surface area contributed by atoms with E-state index in [2.05, 4.69) is 48.6 Å². The number of aromatic nitrogens is 4. The number of hydrogen-bond acceptors (Lipinski definition) is 8. The highest BCUT2D eigenvalue weighted by Gasteiger charge is 2.30. The van der Waals surface area contributed by atoms with Crippen molar-refractivity contribution in [1.29, 1.82) is 0 Å². The summed E-state index contributed by atoms with van der Waals surface area (Å²) in [5.74, 6) is 1.71. The van der Waals surface area contributed by atoms with Crippen molar-refractivity contribution in [3.05, 3.63) is 29.6 Å². The van der Waals surface area contributed by atoms with Crippen LogP contribution in [0, 0.1) is 0 Å². The van der Waals surface area contributed by atoms with Crippen molar-refractivity contribution < 1.29 is 22.7 Å². The van der Waals surface area contributed by atoms with E-state index in [4.69, 9.17) is 23.9 Å². The maximum Gasteiger partial charge on any atom is 0.296 e. The third-order valence-electron chi connectivity index (χ3n) is 6.72. The van der Waals surface area contributed by atoms with Crippen LogP contribution in [0.15, 0.2) is 18.2 Å². The van der Waals surface area contributed by atoms with Gasteiger partial charge >= 0.3 is 0 Å². The Morgan fingerprint density at radius 2 is 1.45 bits per heavy atom. The summed E-state index contributed by atoms with van der Waals surface area (Å²) in [7, 11) is -1.57. The van der Waals surface area contributed by atoms with Crippen molar-refractivity contribution in [3.8, 4) is 11.7 Å². The van der Waals surface area contributed by atoms with E-state index >= 15 is 0 Å². The minimum atomic E-state index is -2.83. The average molecular weight is 547 g/mol. The van der Waals surface area contributed by atoms with Crippen LogP contribution < -0.4 is 14.2 Å². The first kappa shape index (κ1) is 26.8. The number of imidazole rings is 1. The number of halogens is 2. The first-order valence-electron chi connectivity index (χ1n) is 13.2. The molecule has 4 heterocycles. The van der Waals surface area contributed by atoms with Crippen molar-refractivity contribution in [3.63, 3.8) is 0 Å². The van der Waals surface area contributed by atoms with Gasteiger partial charge < -0.3 is 23.7 Å². The molecule has 0 saturated carbocycles. The van der Waals surface area contributed by atoms with Crippen molar-refractivity contribution in [1.82, 2.24) is 19.5 Å². The summed E-state index contributed by atoms with van der Waals surface area (Å²) in [6.07, 6.45) is -2.83. The molecule has 9 nitrogen and oxygen atoms in total. The van der Waals surface area contributed by atoms with Gasteiger partial charge in [0.25, 0.3) is 6.43 Å². The summed E-state index contributed by atoms with van der Waals surface area (Å²) < 4.78 is 47.9.